The number of morpholine rings is 1. The van der Waals surface area contributed by atoms with Gasteiger partial charge < -0.3 is 4.74 Å². The van der Waals surface area contributed by atoms with E-state index >= 15 is 0 Å². The maximum absolute atomic E-state index is 12.7. The summed E-state index contributed by atoms with van der Waals surface area (Å²) in [6.45, 7) is 4.55. The summed E-state index contributed by atoms with van der Waals surface area (Å²) < 4.78 is 32.0. The molecule has 0 atom stereocenters. The summed E-state index contributed by atoms with van der Waals surface area (Å²) in [7, 11) is -3.74. The third-order valence-corrected chi connectivity index (χ3v) is 5.16. The van der Waals surface area contributed by atoms with Crippen LogP contribution in [-0.2, 0) is 14.8 Å². The van der Waals surface area contributed by atoms with Gasteiger partial charge in [-0.15, -0.1) is 0 Å². The van der Waals surface area contributed by atoms with Crippen LogP contribution in [0.4, 0.5) is 0 Å². The first-order valence-corrected chi connectivity index (χ1v) is 7.29. The fraction of sp³-hybridized carbons (Fsp3) is 0.500. The Bertz CT molecular complexity index is 619. The van der Waals surface area contributed by atoms with Gasteiger partial charge in [-0.25, -0.2) is 13.4 Å². The van der Waals surface area contributed by atoms with Gasteiger partial charge in [-0.3, -0.25) is 0 Å². The number of pyridine rings is 1. The molecule has 1 aromatic rings. The van der Waals surface area contributed by atoms with E-state index in [2.05, 4.69) is 4.98 Å². The van der Waals surface area contributed by atoms with Gasteiger partial charge in [-0.1, -0.05) is 0 Å². The predicted molar refractivity (Wildman–Crippen MR) is 67.7 cm³/mol. The van der Waals surface area contributed by atoms with Gasteiger partial charge in [0, 0.05) is 12.7 Å². The molecule has 1 saturated heterocycles. The van der Waals surface area contributed by atoms with Crippen LogP contribution in [0.2, 0.25) is 0 Å². The van der Waals surface area contributed by atoms with Crippen LogP contribution >= 0.6 is 0 Å². The lowest BCUT2D eigenvalue weighted by Crippen LogP contribution is -2.55. The lowest BCUT2D eigenvalue weighted by molar-refractivity contribution is -0.00772. The van der Waals surface area contributed by atoms with E-state index in [0.717, 1.165) is 0 Å². The molecule has 0 radical (unpaired) electrons. The second-order valence-electron chi connectivity index (χ2n) is 4.90. The zero-order valence-corrected chi connectivity index (χ0v) is 11.6. The van der Waals surface area contributed by atoms with Crippen molar-refractivity contribution in [3.8, 4) is 6.07 Å². The van der Waals surface area contributed by atoms with E-state index in [4.69, 9.17) is 10.00 Å². The Morgan fingerprint density at radius 1 is 1.53 bits per heavy atom. The molecule has 6 nitrogen and oxygen atoms in total. The number of hydrogen-bond acceptors (Lipinski definition) is 5. The second kappa shape index (κ2) is 4.89. The van der Waals surface area contributed by atoms with Crippen molar-refractivity contribution in [2.45, 2.75) is 24.3 Å². The molecule has 0 bridgehead atoms. The molecule has 0 N–H and O–H groups in total. The van der Waals surface area contributed by atoms with Crippen molar-refractivity contribution in [1.29, 1.82) is 5.26 Å². The molecule has 0 amide bonds. The monoisotopic (exact) mass is 281 g/mol. The summed E-state index contributed by atoms with van der Waals surface area (Å²) in [6.07, 6.45) is 1.40. The van der Waals surface area contributed by atoms with Crippen molar-refractivity contribution < 1.29 is 13.2 Å². The molecule has 1 aliphatic rings. The summed E-state index contributed by atoms with van der Waals surface area (Å²) in [5, 5.41) is 8.99. The van der Waals surface area contributed by atoms with Crippen LogP contribution < -0.4 is 0 Å². The van der Waals surface area contributed by atoms with Gasteiger partial charge in [-0.2, -0.15) is 9.57 Å². The number of hydrogen-bond donors (Lipinski definition) is 0. The zero-order chi connectivity index (χ0) is 14.1. The standard InChI is InChI=1S/C12H15N3O3S/c1-12(2)9-18-7-6-15(12)19(16,17)11-4-3-5-14-10(11)8-13/h3-5H,6-7,9H2,1-2H3. The molecule has 1 aliphatic heterocycles. The van der Waals surface area contributed by atoms with Crippen LogP contribution in [0, 0.1) is 11.3 Å². The highest BCUT2D eigenvalue weighted by molar-refractivity contribution is 7.89. The lowest BCUT2D eigenvalue weighted by Gasteiger charge is -2.40. The third kappa shape index (κ3) is 2.47. The Hall–Kier alpha value is -1.49. The Labute approximate surface area is 112 Å². The largest absolute Gasteiger partial charge is 0.378 e. The van der Waals surface area contributed by atoms with Crippen molar-refractivity contribution in [3.05, 3.63) is 24.0 Å². The molecule has 102 valence electrons. The minimum Gasteiger partial charge on any atom is -0.378 e. The van der Waals surface area contributed by atoms with Crippen LogP contribution in [0.15, 0.2) is 23.2 Å². The van der Waals surface area contributed by atoms with Gasteiger partial charge in [0.1, 0.15) is 11.0 Å². The summed E-state index contributed by atoms with van der Waals surface area (Å²) in [5.41, 5.74) is -0.718. The van der Waals surface area contributed by atoms with E-state index in [1.807, 2.05) is 6.07 Å². The molecule has 0 saturated carbocycles. The summed E-state index contributed by atoms with van der Waals surface area (Å²) >= 11 is 0. The van der Waals surface area contributed by atoms with Crippen molar-refractivity contribution in [2.24, 2.45) is 0 Å². The topological polar surface area (TPSA) is 83.3 Å². The van der Waals surface area contributed by atoms with E-state index < -0.39 is 15.6 Å². The maximum Gasteiger partial charge on any atom is 0.246 e. The summed E-state index contributed by atoms with van der Waals surface area (Å²) in [5.74, 6) is 0. The van der Waals surface area contributed by atoms with E-state index in [0.29, 0.717) is 13.2 Å². The van der Waals surface area contributed by atoms with Crippen molar-refractivity contribution >= 4 is 10.0 Å². The van der Waals surface area contributed by atoms with Crippen LogP contribution in [-0.4, -0.2) is 43.0 Å². The molecule has 0 unspecified atom stereocenters. The molecule has 2 rings (SSSR count). The molecular formula is C12H15N3O3S. The quantitative estimate of drug-likeness (QED) is 0.799. The van der Waals surface area contributed by atoms with Crippen LogP contribution in [0.5, 0.6) is 0 Å². The highest BCUT2D eigenvalue weighted by atomic mass is 32.2. The second-order valence-corrected chi connectivity index (χ2v) is 6.73. The van der Waals surface area contributed by atoms with Crippen molar-refractivity contribution in [1.82, 2.24) is 9.29 Å². The first-order valence-electron chi connectivity index (χ1n) is 5.85. The first kappa shape index (κ1) is 13.9. The van der Waals surface area contributed by atoms with E-state index in [-0.39, 0.29) is 17.1 Å². The van der Waals surface area contributed by atoms with E-state index in [1.54, 1.807) is 13.8 Å². The molecule has 1 fully saturated rings. The first-order chi connectivity index (χ1) is 8.89. The van der Waals surface area contributed by atoms with Gasteiger partial charge in [0.15, 0.2) is 5.69 Å². The molecular weight excluding hydrogens is 266 g/mol. The van der Waals surface area contributed by atoms with Gasteiger partial charge >= 0.3 is 0 Å². The zero-order valence-electron chi connectivity index (χ0n) is 10.8. The maximum atomic E-state index is 12.7. The highest BCUT2D eigenvalue weighted by Crippen LogP contribution is 2.28. The lowest BCUT2D eigenvalue weighted by atomic mass is 10.1. The van der Waals surface area contributed by atoms with Gasteiger partial charge in [0.25, 0.3) is 0 Å². The molecule has 0 spiro atoms. The van der Waals surface area contributed by atoms with E-state index in [9.17, 15) is 8.42 Å². The Morgan fingerprint density at radius 3 is 2.89 bits per heavy atom. The number of nitrogens with zero attached hydrogens (tertiary/aromatic N) is 3. The molecule has 2 heterocycles. The molecule has 7 heteroatoms. The molecule has 1 aromatic heterocycles. The van der Waals surface area contributed by atoms with Gasteiger partial charge in [-0.05, 0) is 26.0 Å². The third-order valence-electron chi connectivity index (χ3n) is 3.01. The van der Waals surface area contributed by atoms with Crippen molar-refractivity contribution in [2.75, 3.05) is 19.8 Å². The SMILES string of the molecule is CC1(C)COCCN1S(=O)(=O)c1cccnc1C#N. The number of ether oxygens (including phenoxy) is 1. The fourth-order valence-electron chi connectivity index (χ4n) is 2.09. The van der Waals surface area contributed by atoms with Gasteiger partial charge in [0.2, 0.25) is 10.0 Å². The van der Waals surface area contributed by atoms with Crippen LogP contribution in [0.3, 0.4) is 0 Å². The summed E-state index contributed by atoms with van der Waals surface area (Å²) in [4.78, 5) is 3.76. The number of rotatable bonds is 2. The molecule has 19 heavy (non-hydrogen) atoms. The normalized spacial score (nSPS) is 19.8. The number of sulfonamides is 1. The molecule has 0 aromatic carbocycles. The molecule has 0 aliphatic carbocycles. The summed E-state index contributed by atoms with van der Waals surface area (Å²) in [6, 6.07) is 4.74. The highest BCUT2D eigenvalue weighted by Gasteiger charge is 2.40. The predicted octanol–water partition coefficient (Wildman–Crippen LogP) is 0.753. The fourth-order valence-corrected chi connectivity index (χ4v) is 3.94. The number of aromatic nitrogens is 1. The minimum atomic E-state index is -3.74. The average Bonchev–Trinajstić information content (AvgIpc) is 2.37. The minimum absolute atomic E-state index is 0.0486. The Kier molecular flexibility index (Phi) is 3.58. The van der Waals surface area contributed by atoms with Crippen LogP contribution in [0.1, 0.15) is 19.5 Å². The average molecular weight is 281 g/mol. The van der Waals surface area contributed by atoms with E-state index in [1.165, 1.54) is 22.6 Å². The smallest absolute Gasteiger partial charge is 0.246 e. The Balaban J connectivity index is 2.51. The van der Waals surface area contributed by atoms with Crippen LogP contribution in [0.25, 0.3) is 0 Å². The Morgan fingerprint density at radius 2 is 2.26 bits per heavy atom. The van der Waals surface area contributed by atoms with Crippen molar-refractivity contribution in [3.63, 3.8) is 0 Å². The number of nitriles is 1. The van der Waals surface area contributed by atoms with Gasteiger partial charge in [0.05, 0.1) is 18.8 Å².